The lowest BCUT2D eigenvalue weighted by Crippen LogP contribution is -2.27. The predicted octanol–water partition coefficient (Wildman–Crippen LogP) is 2.72. The van der Waals surface area contributed by atoms with Crippen molar-refractivity contribution < 1.29 is 9.53 Å². The van der Waals surface area contributed by atoms with Crippen molar-refractivity contribution in [1.82, 2.24) is 0 Å². The summed E-state index contributed by atoms with van der Waals surface area (Å²) in [6, 6.07) is 4.05. The van der Waals surface area contributed by atoms with E-state index in [0.29, 0.717) is 5.57 Å². The van der Waals surface area contributed by atoms with Gasteiger partial charge >= 0.3 is 5.97 Å². The average molecular weight is 208 g/mol. The van der Waals surface area contributed by atoms with Crippen LogP contribution in [0.4, 0.5) is 0 Å². The van der Waals surface area contributed by atoms with Gasteiger partial charge in [-0.1, -0.05) is 12.6 Å². The number of cyclic esters (lactones) is 1. The van der Waals surface area contributed by atoms with Crippen molar-refractivity contribution in [3.63, 3.8) is 0 Å². The molecule has 0 bridgehead atoms. The molecule has 1 aromatic rings. The Labute approximate surface area is 87.2 Å². The van der Waals surface area contributed by atoms with Gasteiger partial charge in [0, 0.05) is 16.4 Å². The van der Waals surface area contributed by atoms with Crippen molar-refractivity contribution in [2.75, 3.05) is 0 Å². The number of esters is 1. The lowest BCUT2D eigenvalue weighted by Gasteiger charge is -2.27. The van der Waals surface area contributed by atoms with Crippen molar-refractivity contribution in [2.45, 2.75) is 25.4 Å². The molecule has 0 N–H and O–H groups in total. The van der Waals surface area contributed by atoms with Gasteiger partial charge in [0.1, 0.15) is 6.10 Å². The minimum absolute atomic E-state index is 0.0000926. The van der Waals surface area contributed by atoms with Crippen LogP contribution in [0, 0.1) is 0 Å². The molecule has 0 amide bonds. The molecule has 0 radical (unpaired) electrons. The maximum Gasteiger partial charge on any atom is 0.334 e. The quantitative estimate of drug-likeness (QED) is 0.524. The standard InChI is InChI=1S/C11H12O2S/c1-7-6-9(8(2)11(12)13-7)10-4-3-5-14-10/h3-5,7,9H,2,6H2,1H3. The van der Waals surface area contributed by atoms with Crippen LogP contribution in [0.25, 0.3) is 0 Å². The maximum atomic E-state index is 11.4. The van der Waals surface area contributed by atoms with E-state index in [0.717, 1.165) is 6.42 Å². The number of carbonyl (C=O) groups is 1. The van der Waals surface area contributed by atoms with E-state index in [1.807, 2.05) is 24.4 Å². The summed E-state index contributed by atoms with van der Waals surface area (Å²) in [6.07, 6.45) is 0.852. The molecule has 2 unspecified atom stereocenters. The van der Waals surface area contributed by atoms with E-state index < -0.39 is 0 Å². The van der Waals surface area contributed by atoms with Crippen molar-refractivity contribution in [1.29, 1.82) is 0 Å². The molecule has 2 rings (SSSR count). The van der Waals surface area contributed by atoms with Gasteiger partial charge in [0.05, 0.1) is 0 Å². The van der Waals surface area contributed by atoms with Gasteiger partial charge in [-0.15, -0.1) is 11.3 Å². The maximum absolute atomic E-state index is 11.4. The van der Waals surface area contributed by atoms with E-state index >= 15 is 0 Å². The first-order valence-corrected chi connectivity index (χ1v) is 5.49. The number of rotatable bonds is 1. The third kappa shape index (κ3) is 1.60. The molecule has 2 atom stereocenters. The molecule has 2 heterocycles. The van der Waals surface area contributed by atoms with Crippen LogP contribution in [0.1, 0.15) is 24.1 Å². The number of hydrogen-bond acceptors (Lipinski definition) is 3. The molecular weight excluding hydrogens is 196 g/mol. The normalized spacial score (nSPS) is 27.5. The molecule has 0 spiro atoms. The first kappa shape index (κ1) is 9.46. The van der Waals surface area contributed by atoms with Gasteiger partial charge in [-0.2, -0.15) is 0 Å². The monoisotopic (exact) mass is 208 g/mol. The number of carbonyl (C=O) groups excluding carboxylic acids is 1. The Balaban J connectivity index is 2.26. The van der Waals surface area contributed by atoms with Crippen LogP contribution >= 0.6 is 11.3 Å². The second-order valence-electron chi connectivity index (χ2n) is 3.54. The van der Waals surface area contributed by atoms with E-state index in [4.69, 9.17) is 4.74 Å². The number of ether oxygens (including phenoxy) is 1. The minimum Gasteiger partial charge on any atom is -0.459 e. The molecule has 2 nitrogen and oxygen atoms in total. The first-order valence-electron chi connectivity index (χ1n) is 4.61. The van der Waals surface area contributed by atoms with Crippen LogP contribution in [-0.2, 0) is 9.53 Å². The highest BCUT2D eigenvalue weighted by Gasteiger charge is 2.31. The van der Waals surface area contributed by atoms with E-state index in [9.17, 15) is 4.79 Å². The number of thiophene rings is 1. The smallest absolute Gasteiger partial charge is 0.334 e. The second-order valence-corrected chi connectivity index (χ2v) is 4.52. The second kappa shape index (κ2) is 3.58. The molecule has 1 fully saturated rings. The zero-order valence-electron chi connectivity index (χ0n) is 8.03. The Hall–Kier alpha value is -1.09. The van der Waals surface area contributed by atoms with Crippen molar-refractivity contribution in [3.8, 4) is 0 Å². The van der Waals surface area contributed by atoms with E-state index in [2.05, 4.69) is 6.58 Å². The summed E-state index contributed by atoms with van der Waals surface area (Å²) in [6.45, 7) is 5.72. The summed E-state index contributed by atoms with van der Waals surface area (Å²) in [5.74, 6) is -0.0894. The highest BCUT2D eigenvalue weighted by Crippen LogP contribution is 2.36. The van der Waals surface area contributed by atoms with Gasteiger partial charge in [-0.05, 0) is 24.8 Å². The summed E-state index contributed by atoms with van der Waals surface area (Å²) < 4.78 is 5.09. The van der Waals surface area contributed by atoms with Gasteiger partial charge in [0.15, 0.2) is 0 Å². The molecule has 1 aliphatic heterocycles. The lowest BCUT2D eigenvalue weighted by molar-refractivity contribution is -0.147. The minimum atomic E-state index is -0.248. The fourth-order valence-electron chi connectivity index (χ4n) is 1.70. The predicted molar refractivity (Wildman–Crippen MR) is 56.4 cm³/mol. The van der Waals surface area contributed by atoms with E-state index in [-0.39, 0.29) is 18.0 Å². The first-order chi connectivity index (χ1) is 6.68. The Morgan fingerprint density at radius 3 is 3.07 bits per heavy atom. The molecule has 0 aliphatic carbocycles. The fraction of sp³-hybridized carbons (Fsp3) is 0.364. The van der Waals surface area contributed by atoms with Crippen LogP contribution < -0.4 is 0 Å². The van der Waals surface area contributed by atoms with Gasteiger partial charge < -0.3 is 4.74 Å². The highest BCUT2D eigenvalue weighted by atomic mass is 32.1. The highest BCUT2D eigenvalue weighted by molar-refractivity contribution is 7.10. The summed E-state index contributed by atoms with van der Waals surface area (Å²) >= 11 is 1.67. The zero-order chi connectivity index (χ0) is 10.1. The Kier molecular flexibility index (Phi) is 2.42. The third-order valence-electron chi connectivity index (χ3n) is 2.45. The van der Waals surface area contributed by atoms with Gasteiger partial charge in [0.2, 0.25) is 0 Å². The van der Waals surface area contributed by atoms with Crippen LogP contribution in [0.2, 0.25) is 0 Å². The van der Waals surface area contributed by atoms with Crippen LogP contribution in [0.5, 0.6) is 0 Å². The Morgan fingerprint density at radius 2 is 2.43 bits per heavy atom. The Bertz CT molecular complexity index is 353. The molecule has 14 heavy (non-hydrogen) atoms. The Morgan fingerprint density at radius 1 is 1.64 bits per heavy atom. The van der Waals surface area contributed by atoms with E-state index in [1.54, 1.807) is 11.3 Å². The molecule has 1 aromatic heterocycles. The average Bonchev–Trinajstić information content (AvgIpc) is 2.63. The van der Waals surface area contributed by atoms with Crippen LogP contribution in [0.3, 0.4) is 0 Å². The number of hydrogen-bond donors (Lipinski definition) is 0. The van der Waals surface area contributed by atoms with Crippen LogP contribution in [0.15, 0.2) is 29.7 Å². The zero-order valence-corrected chi connectivity index (χ0v) is 8.84. The SMILES string of the molecule is C=C1C(=O)OC(C)CC1c1cccs1. The largest absolute Gasteiger partial charge is 0.459 e. The third-order valence-corrected chi connectivity index (χ3v) is 3.43. The topological polar surface area (TPSA) is 26.3 Å². The summed E-state index contributed by atoms with van der Waals surface area (Å²) in [4.78, 5) is 12.6. The van der Waals surface area contributed by atoms with Gasteiger partial charge in [-0.3, -0.25) is 0 Å². The van der Waals surface area contributed by atoms with Gasteiger partial charge in [0.25, 0.3) is 0 Å². The molecule has 3 heteroatoms. The van der Waals surface area contributed by atoms with Crippen molar-refractivity contribution in [3.05, 3.63) is 34.5 Å². The summed E-state index contributed by atoms with van der Waals surface area (Å²) in [5.41, 5.74) is 0.588. The lowest BCUT2D eigenvalue weighted by atomic mass is 9.90. The molecule has 1 aliphatic rings. The fourth-order valence-corrected chi connectivity index (χ4v) is 2.57. The summed E-state index contributed by atoms with van der Waals surface area (Å²) in [5, 5.41) is 2.02. The van der Waals surface area contributed by atoms with Crippen LogP contribution in [-0.4, -0.2) is 12.1 Å². The summed E-state index contributed by atoms with van der Waals surface area (Å²) in [7, 11) is 0. The molecular formula is C11H12O2S. The molecule has 74 valence electrons. The van der Waals surface area contributed by atoms with Crippen molar-refractivity contribution in [2.24, 2.45) is 0 Å². The van der Waals surface area contributed by atoms with Crippen molar-refractivity contribution >= 4 is 17.3 Å². The van der Waals surface area contributed by atoms with E-state index in [1.165, 1.54) is 4.88 Å². The molecule has 0 saturated carbocycles. The van der Waals surface area contributed by atoms with Gasteiger partial charge in [-0.25, -0.2) is 4.79 Å². The molecule has 0 aromatic carbocycles. The molecule has 1 saturated heterocycles.